The van der Waals surface area contributed by atoms with Gasteiger partial charge in [-0.2, -0.15) is 0 Å². The van der Waals surface area contributed by atoms with E-state index in [1.54, 1.807) is 13.3 Å². The van der Waals surface area contributed by atoms with Gasteiger partial charge < -0.3 is 15.6 Å². The van der Waals surface area contributed by atoms with Crippen LogP contribution in [0, 0.1) is 12.8 Å². The minimum absolute atomic E-state index is 0.248. The minimum Gasteiger partial charge on any atom is -0.383 e. The lowest BCUT2D eigenvalue weighted by atomic mass is 9.87. The van der Waals surface area contributed by atoms with Gasteiger partial charge in [-0.25, -0.2) is 4.98 Å². The van der Waals surface area contributed by atoms with Gasteiger partial charge in [0.2, 0.25) is 0 Å². The smallest absolute Gasteiger partial charge is 0.129 e. The summed E-state index contributed by atoms with van der Waals surface area (Å²) in [6, 6.07) is 1.87. The van der Waals surface area contributed by atoms with Crippen molar-refractivity contribution in [2.45, 2.75) is 25.4 Å². The fraction of sp³-hybridized carbons (Fsp3) is 0.583. The Morgan fingerprint density at radius 1 is 1.62 bits per heavy atom. The molecule has 1 heterocycles. The first-order chi connectivity index (χ1) is 7.59. The van der Waals surface area contributed by atoms with Gasteiger partial charge in [-0.15, -0.1) is 0 Å². The predicted molar refractivity (Wildman–Crippen MR) is 61.9 cm³/mol. The van der Waals surface area contributed by atoms with Gasteiger partial charge in [0.15, 0.2) is 0 Å². The molecule has 4 nitrogen and oxygen atoms in total. The van der Waals surface area contributed by atoms with Crippen LogP contribution in [0.1, 0.15) is 24.0 Å². The molecule has 1 atom stereocenters. The van der Waals surface area contributed by atoms with Gasteiger partial charge >= 0.3 is 0 Å². The van der Waals surface area contributed by atoms with Crippen LogP contribution in [0.3, 0.4) is 0 Å². The van der Waals surface area contributed by atoms with Crippen molar-refractivity contribution in [3.63, 3.8) is 0 Å². The van der Waals surface area contributed by atoms with Crippen molar-refractivity contribution < 1.29 is 9.84 Å². The number of anilines is 1. The molecule has 0 radical (unpaired) electrons. The van der Waals surface area contributed by atoms with Crippen molar-refractivity contribution in [3.05, 3.63) is 23.4 Å². The highest BCUT2D eigenvalue weighted by molar-refractivity contribution is 5.48. The van der Waals surface area contributed by atoms with E-state index < -0.39 is 5.60 Å². The number of methoxy groups -OCH3 is 1. The molecule has 16 heavy (non-hydrogen) atoms. The zero-order valence-electron chi connectivity index (χ0n) is 9.73. The van der Waals surface area contributed by atoms with Gasteiger partial charge in [0, 0.05) is 18.9 Å². The van der Waals surface area contributed by atoms with Crippen molar-refractivity contribution >= 4 is 5.82 Å². The molecule has 1 saturated carbocycles. The van der Waals surface area contributed by atoms with E-state index in [0.29, 0.717) is 5.82 Å². The molecule has 0 bridgehead atoms. The number of nitrogen functional groups attached to an aromatic ring is 1. The highest BCUT2D eigenvalue weighted by Crippen LogP contribution is 2.47. The molecule has 0 saturated heterocycles. The molecule has 0 aliphatic heterocycles. The zero-order valence-corrected chi connectivity index (χ0v) is 9.73. The van der Waals surface area contributed by atoms with E-state index in [1.165, 1.54) is 0 Å². The zero-order chi connectivity index (χ0) is 11.8. The van der Waals surface area contributed by atoms with Crippen LogP contribution in [0.15, 0.2) is 12.3 Å². The molecule has 1 aliphatic carbocycles. The Balaban J connectivity index is 2.46. The lowest BCUT2D eigenvalue weighted by Crippen LogP contribution is -2.35. The topological polar surface area (TPSA) is 68.4 Å². The number of aryl methyl sites for hydroxylation is 1. The Morgan fingerprint density at radius 2 is 2.31 bits per heavy atom. The van der Waals surface area contributed by atoms with Crippen molar-refractivity contribution in [3.8, 4) is 0 Å². The number of pyridine rings is 1. The van der Waals surface area contributed by atoms with Gasteiger partial charge in [0.1, 0.15) is 11.4 Å². The molecule has 1 unspecified atom stereocenters. The van der Waals surface area contributed by atoms with Crippen molar-refractivity contribution in [2.24, 2.45) is 5.92 Å². The number of aliphatic hydroxyl groups is 1. The Labute approximate surface area is 95.4 Å². The van der Waals surface area contributed by atoms with Gasteiger partial charge in [-0.3, -0.25) is 0 Å². The van der Waals surface area contributed by atoms with Crippen LogP contribution in [0.4, 0.5) is 5.82 Å². The molecular weight excluding hydrogens is 204 g/mol. The van der Waals surface area contributed by atoms with E-state index in [2.05, 4.69) is 4.98 Å². The Morgan fingerprint density at radius 3 is 2.81 bits per heavy atom. The first-order valence-corrected chi connectivity index (χ1v) is 5.52. The van der Waals surface area contributed by atoms with Crippen LogP contribution in [0.5, 0.6) is 0 Å². The predicted octanol–water partition coefficient (Wildman–Crippen LogP) is 1.22. The lowest BCUT2D eigenvalue weighted by Gasteiger charge is -2.30. The van der Waals surface area contributed by atoms with Crippen LogP contribution in [0.2, 0.25) is 0 Å². The van der Waals surface area contributed by atoms with E-state index in [1.807, 2.05) is 13.0 Å². The van der Waals surface area contributed by atoms with Crippen molar-refractivity contribution in [2.75, 3.05) is 19.5 Å². The number of ether oxygens (including phenoxy) is 1. The first-order valence-electron chi connectivity index (χ1n) is 5.52. The third kappa shape index (κ3) is 1.79. The van der Waals surface area contributed by atoms with Crippen LogP contribution < -0.4 is 5.73 Å². The summed E-state index contributed by atoms with van der Waals surface area (Å²) >= 11 is 0. The molecule has 1 fully saturated rings. The average Bonchev–Trinajstić information content (AvgIpc) is 3.00. The monoisotopic (exact) mass is 222 g/mol. The van der Waals surface area contributed by atoms with E-state index >= 15 is 0 Å². The third-order valence-electron chi connectivity index (χ3n) is 3.24. The molecule has 88 valence electrons. The lowest BCUT2D eigenvalue weighted by molar-refractivity contribution is -0.0533. The summed E-state index contributed by atoms with van der Waals surface area (Å²) in [6.07, 6.45) is 3.70. The number of nitrogens with two attached hydrogens (primary N) is 1. The molecular formula is C12H18N2O2. The number of hydrogen-bond acceptors (Lipinski definition) is 4. The number of nitrogens with zero attached hydrogens (tertiary/aromatic N) is 1. The second-order valence-electron chi connectivity index (χ2n) is 4.52. The maximum atomic E-state index is 10.7. The highest BCUT2D eigenvalue weighted by atomic mass is 16.5. The van der Waals surface area contributed by atoms with Gasteiger partial charge in [0.05, 0.1) is 6.61 Å². The van der Waals surface area contributed by atoms with Crippen molar-refractivity contribution in [1.82, 2.24) is 4.98 Å². The summed E-state index contributed by atoms with van der Waals surface area (Å²) in [7, 11) is 1.59. The van der Waals surface area contributed by atoms with Crippen LogP contribution in [-0.4, -0.2) is 23.8 Å². The summed E-state index contributed by atoms with van der Waals surface area (Å²) < 4.78 is 5.14. The van der Waals surface area contributed by atoms with Crippen LogP contribution in [0.25, 0.3) is 0 Å². The largest absolute Gasteiger partial charge is 0.383 e. The van der Waals surface area contributed by atoms with Gasteiger partial charge in [0.25, 0.3) is 0 Å². The number of aromatic nitrogens is 1. The number of rotatable bonds is 4. The maximum absolute atomic E-state index is 10.7. The number of hydrogen-bond donors (Lipinski definition) is 2. The average molecular weight is 222 g/mol. The van der Waals surface area contributed by atoms with E-state index in [-0.39, 0.29) is 12.5 Å². The normalized spacial score (nSPS) is 19.4. The Bertz CT molecular complexity index is 370. The third-order valence-corrected chi connectivity index (χ3v) is 3.24. The summed E-state index contributed by atoms with van der Waals surface area (Å²) in [6.45, 7) is 2.21. The Kier molecular flexibility index (Phi) is 2.86. The second kappa shape index (κ2) is 4.03. The minimum atomic E-state index is -0.975. The fourth-order valence-electron chi connectivity index (χ4n) is 2.32. The SMILES string of the molecule is COCC(O)(c1c(C)ccnc1N)C1CC1. The molecule has 1 aromatic heterocycles. The molecule has 3 N–H and O–H groups in total. The molecule has 0 spiro atoms. The molecule has 2 rings (SSSR count). The second-order valence-corrected chi connectivity index (χ2v) is 4.52. The van der Waals surface area contributed by atoms with Gasteiger partial charge in [-0.05, 0) is 37.3 Å². The molecule has 4 heteroatoms. The van der Waals surface area contributed by atoms with E-state index in [0.717, 1.165) is 24.0 Å². The Hall–Kier alpha value is -1.13. The quantitative estimate of drug-likeness (QED) is 0.803. The summed E-state index contributed by atoms with van der Waals surface area (Å²) in [5.41, 5.74) is 6.61. The van der Waals surface area contributed by atoms with Crippen LogP contribution in [-0.2, 0) is 10.3 Å². The molecule has 1 aromatic rings. The fourth-order valence-corrected chi connectivity index (χ4v) is 2.32. The summed E-state index contributed by atoms with van der Waals surface area (Å²) in [4.78, 5) is 4.06. The summed E-state index contributed by atoms with van der Waals surface area (Å²) in [5.74, 6) is 0.657. The molecule has 0 amide bonds. The summed E-state index contributed by atoms with van der Waals surface area (Å²) in [5, 5.41) is 10.7. The standard InChI is InChI=1S/C12H18N2O2/c1-8-5-6-14-11(13)10(8)12(15,7-16-2)9-3-4-9/h5-6,9,15H,3-4,7H2,1-2H3,(H2,13,14). The highest BCUT2D eigenvalue weighted by Gasteiger charge is 2.47. The molecule has 1 aliphatic rings. The van der Waals surface area contributed by atoms with E-state index in [9.17, 15) is 5.11 Å². The molecule has 0 aromatic carbocycles. The van der Waals surface area contributed by atoms with E-state index in [4.69, 9.17) is 10.5 Å². The van der Waals surface area contributed by atoms with Crippen molar-refractivity contribution in [1.29, 1.82) is 0 Å². The first kappa shape index (κ1) is 11.4. The van der Waals surface area contributed by atoms with Gasteiger partial charge in [-0.1, -0.05) is 0 Å². The van der Waals surface area contributed by atoms with Crippen LogP contribution >= 0.6 is 0 Å². The maximum Gasteiger partial charge on any atom is 0.129 e.